The number of aryl methyl sites for hydroxylation is 1. The minimum absolute atomic E-state index is 0.0117. The molecular formula is C13H12F6N2O. The van der Waals surface area contributed by atoms with Gasteiger partial charge in [-0.1, -0.05) is 0 Å². The van der Waals surface area contributed by atoms with Crippen LogP contribution >= 0.6 is 0 Å². The normalized spacial score (nSPS) is 19.0. The quantitative estimate of drug-likeness (QED) is 0.866. The Morgan fingerprint density at radius 3 is 2.00 bits per heavy atom. The second kappa shape index (κ2) is 5.69. The summed E-state index contributed by atoms with van der Waals surface area (Å²) in [6.45, 7) is 0.178. The number of alkyl halides is 6. The number of hydrogen-bond acceptors (Lipinski definition) is 3. The third-order valence-corrected chi connectivity index (χ3v) is 3.15. The highest BCUT2D eigenvalue weighted by atomic mass is 19.4. The van der Waals surface area contributed by atoms with Crippen molar-refractivity contribution in [3.8, 4) is 0 Å². The van der Waals surface area contributed by atoms with E-state index in [1.54, 1.807) is 0 Å². The average molecular weight is 326 g/mol. The molecule has 1 atom stereocenters. The van der Waals surface area contributed by atoms with Gasteiger partial charge in [0.2, 0.25) is 0 Å². The van der Waals surface area contributed by atoms with Crippen LogP contribution in [0.1, 0.15) is 23.1 Å². The summed E-state index contributed by atoms with van der Waals surface area (Å²) in [5, 5.41) is 0. The predicted molar refractivity (Wildman–Crippen MR) is 66.1 cm³/mol. The minimum atomic E-state index is -4.84. The van der Waals surface area contributed by atoms with E-state index < -0.39 is 23.5 Å². The van der Waals surface area contributed by atoms with Crippen LogP contribution < -0.4 is 5.73 Å². The fourth-order valence-corrected chi connectivity index (χ4v) is 2.08. The molecule has 0 unspecified atom stereocenters. The summed E-state index contributed by atoms with van der Waals surface area (Å²) >= 11 is 0. The number of nitrogens with two attached hydrogens (primary N) is 1. The van der Waals surface area contributed by atoms with E-state index in [-0.39, 0.29) is 43.1 Å². The average Bonchev–Trinajstić information content (AvgIpc) is 2.80. The van der Waals surface area contributed by atoms with E-state index in [9.17, 15) is 26.3 Å². The number of nitrogens with zero attached hydrogens (tertiary/aromatic N) is 1. The fraction of sp³-hybridized carbons (Fsp3) is 0.462. The Hall–Kier alpha value is -1.93. The Morgan fingerprint density at radius 2 is 1.59 bits per heavy atom. The first kappa shape index (κ1) is 16.4. The van der Waals surface area contributed by atoms with Gasteiger partial charge in [-0.25, -0.2) is 4.99 Å². The molecule has 1 aromatic carbocycles. The van der Waals surface area contributed by atoms with Crippen molar-refractivity contribution in [2.45, 2.75) is 31.2 Å². The topological polar surface area (TPSA) is 47.6 Å². The molecule has 0 bridgehead atoms. The number of aliphatic imine (C=N–C) groups is 1. The van der Waals surface area contributed by atoms with Crippen molar-refractivity contribution in [2.24, 2.45) is 10.7 Å². The van der Waals surface area contributed by atoms with Crippen LogP contribution in [-0.4, -0.2) is 18.7 Å². The van der Waals surface area contributed by atoms with Crippen molar-refractivity contribution in [3.63, 3.8) is 0 Å². The van der Waals surface area contributed by atoms with Crippen LogP contribution in [0, 0.1) is 0 Å². The van der Waals surface area contributed by atoms with E-state index >= 15 is 0 Å². The molecule has 1 heterocycles. The van der Waals surface area contributed by atoms with E-state index in [0.717, 1.165) is 12.1 Å². The molecule has 1 aliphatic heterocycles. The summed E-state index contributed by atoms with van der Waals surface area (Å²) in [5.41, 5.74) is 2.60. The lowest BCUT2D eigenvalue weighted by atomic mass is 10.00. The number of benzene rings is 1. The van der Waals surface area contributed by atoms with Gasteiger partial charge in [-0.3, -0.25) is 0 Å². The van der Waals surface area contributed by atoms with Gasteiger partial charge in [0.15, 0.2) is 0 Å². The zero-order valence-electron chi connectivity index (χ0n) is 11.1. The molecule has 0 radical (unpaired) electrons. The molecule has 1 aromatic rings. The number of hydrogen-bond donors (Lipinski definition) is 1. The van der Waals surface area contributed by atoms with Crippen LogP contribution in [0.4, 0.5) is 26.3 Å². The first-order valence-corrected chi connectivity index (χ1v) is 6.30. The molecule has 3 nitrogen and oxygen atoms in total. The summed E-state index contributed by atoms with van der Waals surface area (Å²) in [6.07, 6.45) is -9.42. The van der Waals surface area contributed by atoms with Gasteiger partial charge in [0, 0.05) is 0 Å². The van der Waals surface area contributed by atoms with Gasteiger partial charge < -0.3 is 10.5 Å². The molecule has 2 rings (SSSR count). The van der Waals surface area contributed by atoms with E-state index in [2.05, 4.69) is 4.99 Å². The van der Waals surface area contributed by atoms with Crippen molar-refractivity contribution < 1.29 is 31.1 Å². The molecule has 0 fully saturated rings. The Bertz CT molecular complexity index is 547. The first-order chi connectivity index (χ1) is 10.1. The van der Waals surface area contributed by atoms with Gasteiger partial charge in [-0.15, -0.1) is 0 Å². The summed E-state index contributed by atoms with van der Waals surface area (Å²) in [6, 6.07) is 1.17. The molecule has 0 saturated heterocycles. The van der Waals surface area contributed by atoms with E-state index in [1.807, 2.05) is 0 Å². The molecule has 0 aromatic heterocycles. The van der Waals surface area contributed by atoms with Crippen molar-refractivity contribution in [1.29, 1.82) is 0 Å². The van der Waals surface area contributed by atoms with Gasteiger partial charge in [-0.2, -0.15) is 26.3 Å². The molecule has 0 saturated carbocycles. The lowest BCUT2D eigenvalue weighted by Crippen LogP contribution is -2.13. The zero-order valence-corrected chi connectivity index (χ0v) is 11.1. The molecule has 0 spiro atoms. The van der Waals surface area contributed by atoms with Crippen molar-refractivity contribution >= 4 is 6.02 Å². The van der Waals surface area contributed by atoms with E-state index in [4.69, 9.17) is 10.5 Å². The third-order valence-electron chi connectivity index (χ3n) is 3.15. The fourth-order valence-electron chi connectivity index (χ4n) is 2.08. The summed E-state index contributed by atoms with van der Waals surface area (Å²) < 4.78 is 81.1. The maximum atomic E-state index is 12.7. The lowest BCUT2D eigenvalue weighted by molar-refractivity contribution is -0.143. The highest BCUT2D eigenvalue weighted by Gasteiger charge is 2.36. The van der Waals surface area contributed by atoms with Gasteiger partial charge in [0.25, 0.3) is 6.02 Å². The number of amidine groups is 1. The maximum Gasteiger partial charge on any atom is 0.416 e. The van der Waals surface area contributed by atoms with E-state index in [1.165, 1.54) is 0 Å². The maximum absolute atomic E-state index is 12.7. The molecule has 9 heteroatoms. The van der Waals surface area contributed by atoms with Gasteiger partial charge in [0.05, 0.1) is 17.2 Å². The molecule has 2 N–H and O–H groups in total. The standard InChI is InChI=1S/C13H12F6N2O/c14-12(15,16)8-3-7(4-9(5-8)13(17,18)19)1-2-10-6-22-11(20)21-10/h3-5,10H,1-2,6H2,(H2,20,21)/t10-/m0/s1. The van der Waals surface area contributed by atoms with Crippen LogP contribution in [0.25, 0.3) is 0 Å². The summed E-state index contributed by atoms with van der Waals surface area (Å²) in [5.74, 6) is 0. The number of halogens is 6. The molecule has 1 aliphatic rings. The lowest BCUT2D eigenvalue weighted by Gasteiger charge is -2.14. The van der Waals surface area contributed by atoms with Gasteiger partial charge >= 0.3 is 12.4 Å². The number of ether oxygens (including phenoxy) is 1. The van der Waals surface area contributed by atoms with Crippen LogP contribution in [0.15, 0.2) is 23.2 Å². The highest BCUT2D eigenvalue weighted by molar-refractivity contribution is 5.73. The largest absolute Gasteiger partial charge is 0.463 e. The van der Waals surface area contributed by atoms with Gasteiger partial charge in [-0.05, 0) is 36.6 Å². The second-order valence-corrected chi connectivity index (χ2v) is 4.88. The van der Waals surface area contributed by atoms with Crippen molar-refractivity contribution in [2.75, 3.05) is 6.61 Å². The Morgan fingerprint density at radius 1 is 1.05 bits per heavy atom. The van der Waals surface area contributed by atoms with Crippen molar-refractivity contribution in [1.82, 2.24) is 0 Å². The van der Waals surface area contributed by atoms with Crippen LogP contribution in [-0.2, 0) is 23.5 Å². The molecule has 0 aliphatic carbocycles. The Labute approximate surface area is 121 Å². The van der Waals surface area contributed by atoms with Crippen LogP contribution in [0.3, 0.4) is 0 Å². The third kappa shape index (κ3) is 4.05. The molecule has 22 heavy (non-hydrogen) atoms. The van der Waals surface area contributed by atoms with Crippen LogP contribution in [0.5, 0.6) is 0 Å². The smallest absolute Gasteiger partial charge is 0.416 e. The second-order valence-electron chi connectivity index (χ2n) is 4.88. The molecule has 122 valence electrons. The Balaban J connectivity index is 2.22. The van der Waals surface area contributed by atoms with Crippen molar-refractivity contribution in [3.05, 3.63) is 34.9 Å². The monoisotopic (exact) mass is 326 g/mol. The van der Waals surface area contributed by atoms with E-state index in [0.29, 0.717) is 0 Å². The van der Waals surface area contributed by atoms with Crippen LogP contribution in [0.2, 0.25) is 0 Å². The molecule has 0 amide bonds. The zero-order chi connectivity index (χ0) is 16.5. The summed E-state index contributed by atoms with van der Waals surface area (Å²) in [7, 11) is 0. The Kier molecular flexibility index (Phi) is 4.25. The molecular weight excluding hydrogens is 314 g/mol. The highest BCUT2D eigenvalue weighted by Crippen LogP contribution is 2.36. The summed E-state index contributed by atoms with van der Waals surface area (Å²) in [4.78, 5) is 3.87. The predicted octanol–water partition coefficient (Wildman–Crippen LogP) is 3.37. The first-order valence-electron chi connectivity index (χ1n) is 6.30. The number of rotatable bonds is 3. The van der Waals surface area contributed by atoms with Gasteiger partial charge in [0.1, 0.15) is 6.61 Å². The SMILES string of the molecule is NC1=N[C@@H](CCc2cc(C(F)(F)F)cc(C(F)(F)F)c2)CO1. The minimum Gasteiger partial charge on any atom is -0.463 e.